The van der Waals surface area contributed by atoms with Gasteiger partial charge in [-0.3, -0.25) is 9.59 Å². The van der Waals surface area contributed by atoms with Gasteiger partial charge in [0.25, 0.3) is 5.91 Å². The topological polar surface area (TPSA) is 110 Å². The van der Waals surface area contributed by atoms with Gasteiger partial charge >= 0.3 is 0 Å². The third kappa shape index (κ3) is 4.28. The Balaban J connectivity index is 1.98. The molecule has 1 aromatic heterocycles. The van der Waals surface area contributed by atoms with Gasteiger partial charge in [0.2, 0.25) is 5.91 Å². The molecule has 0 aliphatic heterocycles. The fourth-order valence-electron chi connectivity index (χ4n) is 2.05. The summed E-state index contributed by atoms with van der Waals surface area (Å²) in [4.78, 5) is 32.7. The van der Waals surface area contributed by atoms with Crippen molar-refractivity contribution in [1.29, 1.82) is 0 Å². The lowest BCUT2D eigenvalue weighted by molar-refractivity contribution is -0.126. The summed E-state index contributed by atoms with van der Waals surface area (Å²) in [7, 11) is 0. The number of nitrogens with two attached hydrogens (primary N) is 1. The van der Waals surface area contributed by atoms with Gasteiger partial charge in [0.05, 0.1) is 0 Å². The lowest BCUT2D eigenvalue weighted by Gasteiger charge is -2.25. The van der Waals surface area contributed by atoms with Crippen LogP contribution >= 0.6 is 0 Å². The molecule has 0 unspecified atom stereocenters. The Bertz CT molecular complexity index is 744. The van der Waals surface area contributed by atoms with E-state index in [0.717, 1.165) is 0 Å². The SMILES string of the molecule is Cc1ncc(CNC(=O)C(C)(C)NC(=O)c2ccccc2)c(N)n1. The second-order valence-electron chi connectivity index (χ2n) is 5.96. The van der Waals surface area contributed by atoms with Crippen molar-refractivity contribution in [3.63, 3.8) is 0 Å². The van der Waals surface area contributed by atoms with Crippen LogP contribution < -0.4 is 16.4 Å². The van der Waals surface area contributed by atoms with Crippen molar-refractivity contribution < 1.29 is 9.59 Å². The number of carbonyl (C=O) groups excluding carboxylic acids is 2. The van der Waals surface area contributed by atoms with E-state index in [-0.39, 0.29) is 18.4 Å². The zero-order valence-corrected chi connectivity index (χ0v) is 14.0. The van der Waals surface area contributed by atoms with E-state index in [2.05, 4.69) is 20.6 Å². The minimum absolute atomic E-state index is 0.190. The van der Waals surface area contributed by atoms with Crippen molar-refractivity contribution in [1.82, 2.24) is 20.6 Å². The van der Waals surface area contributed by atoms with Crippen molar-refractivity contribution in [3.8, 4) is 0 Å². The molecule has 0 fully saturated rings. The first-order valence-corrected chi connectivity index (χ1v) is 7.53. The van der Waals surface area contributed by atoms with Gasteiger partial charge in [-0.15, -0.1) is 0 Å². The summed E-state index contributed by atoms with van der Waals surface area (Å²) in [5.74, 6) is 0.257. The number of nitrogens with one attached hydrogen (secondary N) is 2. The van der Waals surface area contributed by atoms with E-state index in [0.29, 0.717) is 22.8 Å². The van der Waals surface area contributed by atoms with Gasteiger partial charge in [-0.05, 0) is 32.9 Å². The van der Waals surface area contributed by atoms with Crippen molar-refractivity contribution in [2.75, 3.05) is 5.73 Å². The van der Waals surface area contributed by atoms with Crippen LogP contribution in [0.1, 0.15) is 35.6 Å². The lowest BCUT2D eigenvalue weighted by Crippen LogP contribution is -2.54. The molecule has 2 amide bonds. The summed E-state index contributed by atoms with van der Waals surface area (Å²) in [6.07, 6.45) is 1.58. The summed E-state index contributed by atoms with van der Waals surface area (Å²) >= 11 is 0. The molecule has 0 radical (unpaired) electrons. The van der Waals surface area contributed by atoms with E-state index in [4.69, 9.17) is 5.73 Å². The molecule has 0 saturated heterocycles. The molecule has 4 N–H and O–H groups in total. The first kappa shape index (κ1) is 17.4. The standard InChI is InChI=1S/C17H21N5O2/c1-11-19-9-13(14(18)21-11)10-20-16(24)17(2,3)22-15(23)12-7-5-4-6-8-12/h4-9H,10H2,1-3H3,(H,20,24)(H,22,23)(H2,18,19,21). The summed E-state index contributed by atoms with van der Waals surface area (Å²) in [5.41, 5.74) is 5.84. The molecule has 7 heteroatoms. The molecule has 1 heterocycles. The van der Waals surface area contributed by atoms with Crippen LogP contribution in [0, 0.1) is 6.92 Å². The molecule has 0 saturated carbocycles. The van der Waals surface area contributed by atoms with E-state index in [9.17, 15) is 9.59 Å². The van der Waals surface area contributed by atoms with Crippen molar-refractivity contribution >= 4 is 17.6 Å². The largest absolute Gasteiger partial charge is 0.383 e. The average Bonchev–Trinajstić information content (AvgIpc) is 2.54. The number of rotatable bonds is 5. The highest BCUT2D eigenvalue weighted by Gasteiger charge is 2.29. The fraction of sp³-hybridized carbons (Fsp3) is 0.294. The zero-order valence-electron chi connectivity index (χ0n) is 14.0. The Labute approximate surface area is 140 Å². The van der Waals surface area contributed by atoms with Crippen LogP contribution in [0.15, 0.2) is 36.5 Å². The molecule has 2 rings (SSSR count). The number of carbonyl (C=O) groups is 2. The zero-order chi connectivity index (χ0) is 17.7. The molecule has 1 aromatic carbocycles. The molecule has 2 aromatic rings. The van der Waals surface area contributed by atoms with E-state index in [1.165, 1.54) is 0 Å². The van der Waals surface area contributed by atoms with Crippen LogP contribution in [-0.2, 0) is 11.3 Å². The third-order valence-electron chi connectivity index (χ3n) is 3.49. The molecular weight excluding hydrogens is 306 g/mol. The Kier molecular flexibility index (Phi) is 5.13. The quantitative estimate of drug-likeness (QED) is 0.764. The average molecular weight is 327 g/mol. The Morgan fingerprint density at radius 2 is 1.88 bits per heavy atom. The van der Waals surface area contributed by atoms with Gasteiger partial charge in [-0.1, -0.05) is 18.2 Å². The smallest absolute Gasteiger partial charge is 0.252 e. The van der Waals surface area contributed by atoms with Crippen LogP contribution in [0.2, 0.25) is 0 Å². The fourth-order valence-corrected chi connectivity index (χ4v) is 2.05. The molecule has 0 aliphatic rings. The van der Waals surface area contributed by atoms with Crippen LogP contribution in [0.5, 0.6) is 0 Å². The number of aryl methyl sites for hydroxylation is 1. The van der Waals surface area contributed by atoms with Gasteiger partial charge in [-0.25, -0.2) is 9.97 Å². The summed E-state index contributed by atoms with van der Waals surface area (Å²) in [5, 5.41) is 5.46. The van der Waals surface area contributed by atoms with Crippen LogP contribution in [0.3, 0.4) is 0 Å². The second-order valence-corrected chi connectivity index (χ2v) is 5.96. The molecule has 0 aliphatic carbocycles. The number of nitrogen functional groups attached to an aromatic ring is 1. The Hall–Kier alpha value is -2.96. The van der Waals surface area contributed by atoms with E-state index >= 15 is 0 Å². The highest BCUT2D eigenvalue weighted by Crippen LogP contribution is 2.09. The maximum atomic E-state index is 12.4. The number of nitrogens with zero attached hydrogens (tertiary/aromatic N) is 2. The molecule has 24 heavy (non-hydrogen) atoms. The number of hydrogen-bond donors (Lipinski definition) is 3. The van der Waals surface area contributed by atoms with Crippen LogP contribution in [0.25, 0.3) is 0 Å². The number of aromatic nitrogens is 2. The van der Waals surface area contributed by atoms with Gasteiger partial charge < -0.3 is 16.4 Å². The summed E-state index contributed by atoms with van der Waals surface area (Å²) < 4.78 is 0. The maximum absolute atomic E-state index is 12.4. The van der Waals surface area contributed by atoms with E-state index in [1.807, 2.05) is 6.07 Å². The molecule has 7 nitrogen and oxygen atoms in total. The summed E-state index contributed by atoms with van der Waals surface area (Å²) in [6.45, 7) is 5.20. The molecule has 0 bridgehead atoms. The van der Waals surface area contributed by atoms with Gasteiger partial charge in [0.15, 0.2) is 0 Å². The highest BCUT2D eigenvalue weighted by molar-refractivity contribution is 5.98. The first-order chi connectivity index (χ1) is 11.3. The highest BCUT2D eigenvalue weighted by atomic mass is 16.2. The van der Waals surface area contributed by atoms with Crippen LogP contribution in [0.4, 0.5) is 5.82 Å². The van der Waals surface area contributed by atoms with E-state index < -0.39 is 5.54 Å². The normalized spacial score (nSPS) is 11.0. The second kappa shape index (κ2) is 7.08. The lowest BCUT2D eigenvalue weighted by atomic mass is 10.0. The Morgan fingerprint density at radius 3 is 2.50 bits per heavy atom. The minimum atomic E-state index is -1.08. The predicted octanol–water partition coefficient (Wildman–Crippen LogP) is 1.19. The number of amides is 2. The van der Waals surface area contributed by atoms with Crippen LogP contribution in [-0.4, -0.2) is 27.3 Å². The monoisotopic (exact) mass is 327 g/mol. The van der Waals surface area contributed by atoms with Gasteiger partial charge in [0, 0.05) is 23.9 Å². The molecule has 0 spiro atoms. The van der Waals surface area contributed by atoms with Crippen molar-refractivity contribution in [2.24, 2.45) is 0 Å². The number of hydrogen-bond acceptors (Lipinski definition) is 5. The molecule has 126 valence electrons. The number of benzene rings is 1. The van der Waals surface area contributed by atoms with Crippen molar-refractivity contribution in [3.05, 3.63) is 53.5 Å². The third-order valence-corrected chi connectivity index (χ3v) is 3.49. The minimum Gasteiger partial charge on any atom is -0.383 e. The predicted molar refractivity (Wildman–Crippen MR) is 91.0 cm³/mol. The van der Waals surface area contributed by atoms with E-state index in [1.54, 1.807) is 51.2 Å². The molecular formula is C17H21N5O2. The maximum Gasteiger partial charge on any atom is 0.252 e. The van der Waals surface area contributed by atoms with Crippen molar-refractivity contribution in [2.45, 2.75) is 32.9 Å². The van der Waals surface area contributed by atoms with Gasteiger partial charge in [-0.2, -0.15) is 0 Å². The van der Waals surface area contributed by atoms with Gasteiger partial charge in [0.1, 0.15) is 17.2 Å². The Morgan fingerprint density at radius 1 is 1.21 bits per heavy atom. The first-order valence-electron chi connectivity index (χ1n) is 7.53. The number of anilines is 1. The summed E-state index contributed by atoms with van der Waals surface area (Å²) in [6, 6.07) is 8.73. The molecule has 0 atom stereocenters.